The monoisotopic (exact) mass is 541 g/mol. The highest BCUT2D eigenvalue weighted by Crippen LogP contribution is 2.50. The molecule has 0 radical (unpaired) electrons. The third kappa shape index (κ3) is 5.15. The molecule has 3 atom stereocenters. The fourth-order valence-electron chi connectivity index (χ4n) is 5.15. The third-order valence-corrected chi connectivity index (χ3v) is 9.47. The molecule has 0 spiro atoms. The van der Waals surface area contributed by atoms with Gasteiger partial charge in [0.25, 0.3) is 5.91 Å². The van der Waals surface area contributed by atoms with Crippen molar-refractivity contribution in [1.29, 1.82) is 0 Å². The molecular weight excluding hydrogens is 519 g/mol. The number of allylic oxidation sites excluding steroid dienone is 1. The van der Waals surface area contributed by atoms with E-state index in [9.17, 15) is 31.2 Å². The molecule has 0 aromatic heterocycles. The van der Waals surface area contributed by atoms with E-state index in [0.717, 1.165) is 11.6 Å². The molecule has 192 valence electrons. The Morgan fingerprint density at radius 2 is 1.69 bits per heavy atom. The number of nitrogens with one attached hydrogen (secondary N) is 1. The summed E-state index contributed by atoms with van der Waals surface area (Å²) in [5.74, 6) is -6.35. The molecule has 2 unspecified atom stereocenters. The second-order valence-corrected chi connectivity index (χ2v) is 11.4. The number of ether oxygens (including phenoxy) is 1. The quantitative estimate of drug-likeness (QED) is 0.298. The number of amides is 1. The average molecular weight is 542 g/mol. The van der Waals surface area contributed by atoms with Crippen LogP contribution >= 0.6 is 11.6 Å². The molecule has 1 amide bonds. The number of halogens is 4. The van der Waals surface area contributed by atoms with Crippen LogP contribution in [-0.4, -0.2) is 32.2 Å². The highest BCUT2D eigenvalue weighted by molar-refractivity contribution is 7.92. The van der Waals surface area contributed by atoms with Gasteiger partial charge in [0.2, 0.25) is 0 Å². The fraction of sp³-hybridized carbons (Fsp3) is 0.360. The number of rotatable bonds is 6. The molecule has 2 fully saturated rings. The van der Waals surface area contributed by atoms with Gasteiger partial charge in [-0.25, -0.2) is 26.4 Å². The number of sulfone groups is 1. The minimum absolute atomic E-state index is 0.0577. The van der Waals surface area contributed by atoms with Crippen LogP contribution in [0, 0.1) is 29.3 Å². The van der Waals surface area contributed by atoms with E-state index in [1.165, 1.54) is 18.2 Å². The summed E-state index contributed by atoms with van der Waals surface area (Å²) in [7, 11) is -3.96. The van der Waals surface area contributed by atoms with Gasteiger partial charge in [0.05, 0.1) is 21.8 Å². The number of hydrogen-bond acceptors (Lipinski definition) is 5. The molecule has 4 rings (SSSR count). The van der Waals surface area contributed by atoms with Crippen molar-refractivity contribution < 1.29 is 35.9 Å². The van der Waals surface area contributed by atoms with E-state index in [4.69, 9.17) is 16.3 Å². The summed E-state index contributed by atoms with van der Waals surface area (Å²) in [4.78, 5) is 24.3. The van der Waals surface area contributed by atoms with Crippen LogP contribution in [0.4, 0.5) is 18.9 Å². The van der Waals surface area contributed by atoms with Crippen LogP contribution in [0.15, 0.2) is 46.9 Å². The molecule has 0 heterocycles. The second-order valence-electron chi connectivity index (χ2n) is 8.92. The molecule has 2 aromatic carbocycles. The Bertz CT molecular complexity index is 1320. The van der Waals surface area contributed by atoms with Gasteiger partial charge >= 0.3 is 5.97 Å². The van der Waals surface area contributed by atoms with Crippen LogP contribution in [0.3, 0.4) is 0 Å². The molecule has 0 saturated heterocycles. The third-order valence-electron chi connectivity index (χ3n) is 6.59. The van der Waals surface area contributed by atoms with Crippen molar-refractivity contribution in [3.8, 4) is 0 Å². The molecular formula is C25H23ClF3NO5S. The highest BCUT2D eigenvalue weighted by Gasteiger charge is 2.49. The van der Waals surface area contributed by atoms with Crippen molar-refractivity contribution >= 4 is 39.0 Å². The summed E-state index contributed by atoms with van der Waals surface area (Å²) < 4.78 is 72.5. The molecule has 1 N–H and O–H groups in total. The molecule has 11 heteroatoms. The van der Waals surface area contributed by atoms with Gasteiger partial charge in [-0.05, 0) is 62.6 Å². The first-order chi connectivity index (χ1) is 17.0. The van der Waals surface area contributed by atoms with Gasteiger partial charge in [0.1, 0.15) is 0 Å². The number of carbonyl (C=O) groups is 2. The zero-order chi connectivity index (χ0) is 26.2. The molecule has 6 nitrogen and oxygen atoms in total. The Kier molecular flexibility index (Phi) is 7.47. The number of anilines is 1. The number of carbonyl (C=O) groups excluding carboxylic acids is 2. The van der Waals surface area contributed by atoms with Crippen LogP contribution in [0.2, 0.25) is 5.02 Å². The van der Waals surface area contributed by atoms with Crippen LogP contribution in [0.1, 0.15) is 43.0 Å². The maximum Gasteiger partial charge on any atom is 0.330 e. The lowest BCUT2D eigenvalue weighted by Crippen LogP contribution is -2.35. The molecule has 2 bridgehead atoms. The molecule has 2 saturated carbocycles. The first kappa shape index (κ1) is 26.2. The summed E-state index contributed by atoms with van der Waals surface area (Å²) in [5, 5.41) is 1.45. The van der Waals surface area contributed by atoms with Crippen molar-refractivity contribution in [3.63, 3.8) is 0 Å². The number of fused-ring (bicyclic) bond motifs is 2. The molecule has 2 aliphatic rings. The Morgan fingerprint density at radius 3 is 2.28 bits per heavy atom. The van der Waals surface area contributed by atoms with Gasteiger partial charge in [-0.15, -0.1) is 0 Å². The normalized spacial score (nSPS) is 22.5. The lowest BCUT2D eigenvalue weighted by Gasteiger charge is -2.31. The highest BCUT2D eigenvalue weighted by atomic mass is 35.5. The van der Waals surface area contributed by atoms with Crippen molar-refractivity contribution in [2.24, 2.45) is 11.8 Å². The van der Waals surface area contributed by atoms with Crippen molar-refractivity contribution in [1.82, 2.24) is 0 Å². The first-order valence-electron chi connectivity index (χ1n) is 11.4. The minimum Gasteiger partial charge on any atom is -0.463 e. The number of benzene rings is 2. The van der Waals surface area contributed by atoms with Crippen LogP contribution in [-0.2, 0) is 19.4 Å². The standard InChI is InChI=1S/C25H23ClF3NO5S/c1-2-35-22(31)9-13-7-14-3-4-15(8-13)24(14)36(33,34)21-10-16(5-6-18(21)26)25(32)30-17-11-19(27)23(29)20(28)12-17/h5-6,9-12,14-15,24H,2-4,7-8H2,1H3,(H,30,32)/b13-9-/t14?,15-,24?/m0/s1. The van der Waals surface area contributed by atoms with Gasteiger partial charge in [-0.2, -0.15) is 0 Å². The van der Waals surface area contributed by atoms with Gasteiger partial charge in [0.15, 0.2) is 27.3 Å². The Balaban J connectivity index is 1.59. The summed E-state index contributed by atoms with van der Waals surface area (Å²) in [6.45, 7) is 1.96. The lowest BCUT2D eigenvalue weighted by atomic mass is 9.84. The molecule has 2 aliphatic carbocycles. The van der Waals surface area contributed by atoms with Crippen molar-refractivity contribution in [3.05, 3.63) is 70.0 Å². The SMILES string of the molecule is CCOC(=O)/C=C1/CC2CC[C@@H](C1)C2S(=O)(=O)c1cc(C(=O)Nc2cc(F)c(F)c(F)c2)ccc1Cl. The second kappa shape index (κ2) is 10.3. The van der Waals surface area contributed by atoms with Crippen LogP contribution in [0.25, 0.3) is 0 Å². The van der Waals surface area contributed by atoms with Gasteiger partial charge in [-0.3, -0.25) is 4.79 Å². The predicted molar refractivity (Wildman–Crippen MR) is 127 cm³/mol. The Labute approximate surface area is 211 Å². The molecule has 36 heavy (non-hydrogen) atoms. The number of hydrogen-bond donors (Lipinski definition) is 1. The number of esters is 1. The smallest absolute Gasteiger partial charge is 0.330 e. The summed E-state index contributed by atoms with van der Waals surface area (Å²) in [5.41, 5.74) is 0.418. The maximum absolute atomic E-state index is 13.7. The lowest BCUT2D eigenvalue weighted by molar-refractivity contribution is -0.137. The summed E-state index contributed by atoms with van der Waals surface area (Å²) >= 11 is 6.25. The maximum atomic E-state index is 13.7. The van der Waals surface area contributed by atoms with Gasteiger partial charge < -0.3 is 10.1 Å². The largest absolute Gasteiger partial charge is 0.463 e. The summed E-state index contributed by atoms with van der Waals surface area (Å²) in [6.07, 6.45) is 3.68. The zero-order valence-electron chi connectivity index (χ0n) is 19.2. The van der Waals surface area contributed by atoms with E-state index in [0.29, 0.717) is 37.8 Å². The zero-order valence-corrected chi connectivity index (χ0v) is 20.8. The van der Waals surface area contributed by atoms with E-state index < -0.39 is 44.4 Å². The van der Waals surface area contributed by atoms with Crippen LogP contribution in [0.5, 0.6) is 0 Å². The van der Waals surface area contributed by atoms with Crippen molar-refractivity contribution in [2.45, 2.75) is 42.8 Å². The van der Waals surface area contributed by atoms with E-state index in [-0.39, 0.29) is 39.6 Å². The predicted octanol–water partition coefficient (Wildman–Crippen LogP) is 5.46. The minimum atomic E-state index is -3.96. The molecule has 0 aliphatic heterocycles. The topological polar surface area (TPSA) is 89.5 Å². The van der Waals surface area contributed by atoms with Gasteiger partial charge in [0, 0.05) is 29.5 Å². The van der Waals surface area contributed by atoms with Crippen molar-refractivity contribution in [2.75, 3.05) is 11.9 Å². The van der Waals surface area contributed by atoms with Crippen LogP contribution < -0.4 is 5.32 Å². The Morgan fingerprint density at radius 1 is 1.08 bits per heavy atom. The van der Waals surface area contributed by atoms with E-state index in [1.807, 2.05) is 0 Å². The summed E-state index contributed by atoms with van der Waals surface area (Å²) in [6, 6.07) is 4.91. The first-order valence-corrected chi connectivity index (χ1v) is 13.3. The van der Waals surface area contributed by atoms with Gasteiger partial charge in [-0.1, -0.05) is 17.2 Å². The molecule has 2 aromatic rings. The fourth-order valence-corrected chi connectivity index (χ4v) is 7.99. The average Bonchev–Trinajstić information content (AvgIpc) is 3.09. The van der Waals surface area contributed by atoms with E-state index >= 15 is 0 Å². The van der Waals surface area contributed by atoms with E-state index in [1.54, 1.807) is 6.92 Å². The Hall–Kier alpha value is -2.85. The van der Waals surface area contributed by atoms with E-state index in [2.05, 4.69) is 5.32 Å².